The number of hydrogen-bond donors (Lipinski definition) is 0. The van der Waals surface area contributed by atoms with Crippen LogP contribution in [0.15, 0.2) is 0 Å². The first-order valence-corrected chi connectivity index (χ1v) is 5.74. The zero-order valence-electron chi connectivity index (χ0n) is 7.49. The Labute approximate surface area is 78.0 Å². The van der Waals surface area contributed by atoms with E-state index >= 15 is 0 Å². The number of unbranched alkanes of at least 4 members (excludes halogenated alkanes) is 1. The lowest BCUT2D eigenvalue weighted by atomic mass is 10.1. The third kappa shape index (κ3) is 1.63. The topological polar surface area (TPSA) is 18.5 Å². The second-order valence-corrected chi connectivity index (χ2v) is 4.73. The van der Waals surface area contributed by atoms with Crippen LogP contribution in [-0.2, 0) is 9.47 Å². The third-order valence-corrected chi connectivity index (χ3v) is 3.96. The van der Waals surface area contributed by atoms with Crippen LogP contribution < -0.4 is 0 Å². The van der Waals surface area contributed by atoms with Gasteiger partial charge in [0.15, 0.2) is 0 Å². The Bertz CT molecular complexity index is 137. The molecule has 3 fully saturated rings. The Kier molecular flexibility index (Phi) is 2.94. The predicted octanol–water partition coefficient (Wildman–Crippen LogP) is 2.03. The Hall–Kier alpha value is 0.270. The van der Waals surface area contributed by atoms with E-state index in [0.717, 1.165) is 18.5 Å². The predicted molar refractivity (Wildman–Crippen MR) is 50.4 cm³/mol. The van der Waals surface area contributed by atoms with Gasteiger partial charge < -0.3 is 9.47 Å². The number of ether oxygens (including phenoxy) is 2. The first kappa shape index (κ1) is 8.85. The summed E-state index contributed by atoms with van der Waals surface area (Å²) in [7, 11) is 0. The van der Waals surface area contributed by atoms with Crippen LogP contribution in [0.25, 0.3) is 0 Å². The van der Waals surface area contributed by atoms with Crippen LogP contribution in [0.1, 0.15) is 26.2 Å². The van der Waals surface area contributed by atoms with Crippen molar-refractivity contribution in [3.63, 3.8) is 0 Å². The molecule has 0 aromatic rings. The van der Waals surface area contributed by atoms with Crippen molar-refractivity contribution < 1.29 is 9.47 Å². The minimum Gasteiger partial charge on any atom is -0.373 e. The average Bonchev–Trinajstić information content (AvgIpc) is 2.13. The summed E-state index contributed by atoms with van der Waals surface area (Å²) in [5.74, 6) is 0. The first-order valence-electron chi connectivity index (χ1n) is 4.80. The second-order valence-electron chi connectivity index (χ2n) is 3.39. The van der Waals surface area contributed by atoms with Crippen molar-refractivity contribution in [1.29, 1.82) is 0 Å². The van der Waals surface area contributed by atoms with Gasteiger partial charge in [-0.25, -0.2) is 0 Å². The summed E-state index contributed by atoms with van der Waals surface area (Å²) >= 11 is 1.93. The molecule has 0 amide bonds. The Balaban J connectivity index is 1.68. The Morgan fingerprint density at radius 2 is 2.50 bits per heavy atom. The lowest BCUT2D eigenvalue weighted by Crippen LogP contribution is -2.53. The van der Waals surface area contributed by atoms with Gasteiger partial charge in [0.05, 0.1) is 0 Å². The van der Waals surface area contributed by atoms with Crippen LogP contribution in [0, 0.1) is 0 Å². The van der Waals surface area contributed by atoms with Gasteiger partial charge >= 0.3 is 0 Å². The maximum absolute atomic E-state index is 5.74. The van der Waals surface area contributed by atoms with E-state index in [2.05, 4.69) is 6.92 Å². The summed E-state index contributed by atoms with van der Waals surface area (Å²) in [5.41, 5.74) is 0.362. The number of thioether (sulfide) groups is 1. The molecule has 0 aromatic heterocycles. The van der Waals surface area contributed by atoms with Crippen LogP contribution in [0.5, 0.6) is 0 Å². The van der Waals surface area contributed by atoms with Gasteiger partial charge in [0.1, 0.15) is 11.5 Å². The Morgan fingerprint density at radius 3 is 3.08 bits per heavy atom. The highest BCUT2D eigenvalue weighted by Gasteiger charge is 2.46. The molecule has 3 aliphatic rings. The van der Waals surface area contributed by atoms with Gasteiger partial charge in [0.2, 0.25) is 0 Å². The van der Waals surface area contributed by atoms with Gasteiger partial charge in [-0.1, -0.05) is 13.3 Å². The van der Waals surface area contributed by atoms with E-state index < -0.39 is 0 Å². The maximum atomic E-state index is 5.74. The molecule has 0 unspecified atom stereocenters. The summed E-state index contributed by atoms with van der Waals surface area (Å²) < 4.78 is 11.3. The molecule has 3 atom stereocenters. The summed E-state index contributed by atoms with van der Waals surface area (Å²) in [4.78, 5) is 0. The average molecular weight is 188 g/mol. The molecular formula is C9H16O2S. The third-order valence-electron chi connectivity index (χ3n) is 2.44. The summed E-state index contributed by atoms with van der Waals surface area (Å²) in [6.07, 6.45) is 3.99. The Morgan fingerprint density at radius 1 is 1.58 bits per heavy atom. The summed E-state index contributed by atoms with van der Waals surface area (Å²) in [6.45, 7) is 4.05. The van der Waals surface area contributed by atoms with E-state index in [1.165, 1.54) is 19.3 Å². The molecule has 0 aromatic carbocycles. The summed E-state index contributed by atoms with van der Waals surface area (Å²) in [6, 6.07) is 0. The number of hydrogen-bond acceptors (Lipinski definition) is 3. The molecule has 3 heteroatoms. The van der Waals surface area contributed by atoms with Crippen LogP contribution in [0.4, 0.5) is 0 Å². The van der Waals surface area contributed by atoms with Crippen molar-refractivity contribution in [3.8, 4) is 0 Å². The molecular weight excluding hydrogens is 172 g/mol. The number of rotatable bonds is 4. The smallest absolute Gasteiger partial charge is 0.130 e. The zero-order valence-corrected chi connectivity index (χ0v) is 8.31. The van der Waals surface area contributed by atoms with Crippen LogP contribution in [-0.4, -0.2) is 30.0 Å². The quantitative estimate of drug-likeness (QED) is 0.629. The van der Waals surface area contributed by atoms with Crippen LogP contribution in [0.3, 0.4) is 0 Å². The minimum atomic E-state index is 0.362. The fraction of sp³-hybridized carbons (Fsp3) is 1.00. The van der Waals surface area contributed by atoms with Crippen molar-refractivity contribution >= 4 is 11.8 Å². The molecule has 0 spiro atoms. The SMILES string of the molecule is CCCCO[C@@H]1[C@@H]2CCO[C@H]1S2. The largest absolute Gasteiger partial charge is 0.373 e. The van der Waals surface area contributed by atoms with E-state index in [9.17, 15) is 0 Å². The van der Waals surface area contributed by atoms with Crippen molar-refractivity contribution in [1.82, 2.24) is 0 Å². The van der Waals surface area contributed by atoms with Crippen molar-refractivity contribution in [2.24, 2.45) is 0 Å². The number of fused-ring (bicyclic) bond motifs is 2. The molecule has 0 N–H and O–H groups in total. The first-order chi connectivity index (χ1) is 5.92. The second kappa shape index (κ2) is 3.99. The van der Waals surface area contributed by atoms with Gasteiger partial charge in [-0.2, -0.15) is 0 Å². The van der Waals surface area contributed by atoms with Crippen LogP contribution in [0.2, 0.25) is 0 Å². The van der Waals surface area contributed by atoms with Crippen molar-refractivity contribution in [2.45, 2.75) is 43.0 Å². The fourth-order valence-corrected chi connectivity index (χ4v) is 2.91. The van der Waals surface area contributed by atoms with Crippen LogP contribution >= 0.6 is 11.8 Å². The lowest BCUT2D eigenvalue weighted by molar-refractivity contribution is -0.0809. The molecule has 2 nitrogen and oxygen atoms in total. The lowest BCUT2D eigenvalue weighted by Gasteiger charge is -2.47. The van der Waals surface area contributed by atoms with E-state index in [4.69, 9.17) is 9.47 Å². The molecule has 70 valence electrons. The zero-order chi connectivity index (χ0) is 8.39. The van der Waals surface area contributed by atoms with Crippen molar-refractivity contribution in [2.75, 3.05) is 13.2 Å². The normalized spacial score (nSPS) is 39.2. The summed E-state index contributed by atoms with van der Waals surface area (Å²) in [5, 5.41) is 0.737. The van der Waals surface area contributed by atoms with Crippen molar-refractivity contribution in [3.05, 3.63) is 0 Å². The molecule has 3 aliphatic heterocycles. The maximum Gasteiger partial charge on any atom is 0.130 e. The molecule has 0 radical (unpaired) electrons. The van der Waals surface area contributed by atoms with E-state index in [1.807, 2.05) is 11.8 Å². The van der Waals surface area contributed by atoms with E-state index in [-0.39, 0.29) is 0 Å². The van der Waals surface area contributed by atoms with Gasteiger partial charge in [-0.05, 0) is 12.8 Å². The molecule has 2 bridgehead atoms. The highest BCUT2D eigenvalue weighted by Crippen LogP contribution is 2.45. The molecule has 3 saturated heterocycles. The van der Waals surface area contributed by atoms with E-state index in [1.54, 1.807) is 0 Å². The van der Waals surface area contributed by atoms with Gasteiger partial charge in [-0.15, -0.1) is 11.8 Å². The highest BCUT2D eigenvalue weighted by molar-refractivity contribution is 8.02. The van der Waals surface area contributed by atoms with Gasteiger partial charge in [0, 0.05) is 18.5 Å². The molecule has 12 heavy (non-hydrogen) atoms. The molecule has 3 rings (SSSR count). The monoisotopic (exact) mass is 188 g/mol. The minimum absolute atomic E-state index is 0.362. The molecule has 3 heterocycles. The standard InChI is InChI=1S/C9H16O2S/c1-2-3-5-10-8-7-4-6-11-9(8)12-7/h7-9H,2-6H2,1H3/t7-,8+,9-/m0/s1. The van der Waals surface area contributed by atoms with E-state index in [0.29, 0.717) is 11.5 Å². The molecule has 0 aliphatic carbocycles. The highest BCUT2D eigenvalue weighted by atomic mass is 32.2. The fourth-order valence-electron chi connectivity index (χ4n) is 1.63. The van der Waals surface area contributed by atoms with Gasteiger partial charge in [0.25, 0.3) is 0 Å². The molecule has 0 saturated carbocycles. The van der Waals surface area contributed by atoms with Gasteiger partial charge in [-0.3, -0.25) is 0 Å².